The van der Waals surface area contributed by atoms with Crippen molar-refractivity contribution < 1.29 is 55.1 Å². The second-order valence-electron chi connectivity index (χ2n) is 8.23. The lowest BCUT2D eigenvalue weighted by Crippen LogP contribution is -2.66. The highest BCUT2D eigenvalue weighted by molar-refractivity contribution is 5.11. The minimum atomic E-state index is -2.09. The molecular weight excluding hydrogens is 448 g/mol. The average molecular weight is 485 g/mol. The second-order valence-corrected chi connectivity index (χ2v) is 8.23. The van der Waals surface area contributed by atoms with E-state index >= 15 is 0 Å². The first kappa shape index (κ1) is 28.1. The first-order chi connectivity index (χ1) is 15.4. The molecule has 2 rings (SSSR count). The molecule has 12 atom stereocenters. The Hall–Kier alpha value is -1.18. The van der Waals surface area contributed by atoms with Gasteiger partial charge in [0.15, 0.2) is 12.0 Å². The van der Waals surface area contributed by atoms with Crippen molar-refractivity contribution in [1.29, 1.82) is 0 Å². The van der Waals surface area contributed by atoms with E-state index < -0.39 is 91.6 Å². The normalized spacial score (nSPS) is 42.5. The SMILES string of the molecule is NCC1OC(OC2C(N)CC(N)C(OC(O)/C(O)=C(/N)C(O)CCO)C2O)C(O)C(O)C1O. The van der Waals surface area contributed by atoms with E-state index in [-0.39, 0.29) is 19.4 Å². The topological polar surface area (TPSA) is 294 Å². The summed E-state index contributed by atoms with van der Waals surface area (Å²) in [6.07, 6.45) is -15.3. The van der Waals surface area contributed by atoms with Gasteiger partial charge < -0.3 is 78.0 Å². The molecule has 0 aromatic rings. The van der Waals surface area contributed by atoms with Crippen LogP contribution in [0.25, 0.3) is 0 Å². The van der Waals surface area contributed by atoms with Gasteiger partial charge in [0.1, 0.15) is 42.7 Å². The standard InChI is InChI=1S/C18H36N4O11/c19-4-8-10(25)12(27)13(28)18(31-8)33-16-6(21)3-5(20)15(14(16)29)32-17(30)11(26)9(22)7(24)1-2-23/h5-8,10,12-18,23-30H,1-4,19-22H2/b11-9-. The Kier molecular flexibility index (Phi) is 10.2. The van der Waals surface area contributed by atoms with Gasteiger partial charge in [0.25, 0.3) is 0 Å². The zero-order chi connectivity index (χ0) is 25.0. The first-order valence-electron chi connectivity index (χ1n) is 10.5. The maximum Gasteiger partial charge on any atom is 0.216 e. The van der Waals surface area contributed by atoms with Gasteiger partial charge in [-0.25, -0.2) is 0 Å². The Morgan fingerprint density at radius 1 is 0.970 bits per heavy atom. The lowest BCUT2D eigenvalue weighted by atomic mass is 9.84. The van der Waals surface area contributed by atoms with Crippen LogP contribution in [-0.4, -0.2) is 127 Å². The molecule has 1 saturated heterocycles. The Balaban J connectivity index is 2.14. The fourth-order valence-electron chi connectivity index (χ4n) is 3.82. The predicted molar refractivity (Wildman–Crippen MR) is 110 cm³/mol. The molecule has 12 unspecified atom stereocenters. The molecule has 2 fully saturated rings. The van der Waals surface area contributed by atoms with E-state index in [1.807, 2.05) is 0 Å². The van der Waals surface area contributed by atoms with E-state index in [1.54, 1.807) is 0 Å². The summed E-state index contributed by atoms with van der Waals surface area (Å²) >= 11 is 0. The third-order valence-corrected chi connectivity index (χ3v) is 5.83. The fourth-order valence-corrected chi connectivity index (χ4v) is 3.82. The van der Waals surface area contributed by atoms with Crippen molar-refractivity contribution in [2.24, 2.45) is 22.9 Å². The van der Waals surface area contributed by atoms with Crippen LogP contribution in [-0.2, 0) is 14.2 Å². The lowest BCUT2D eigenvalue weighted by molar-refractivity contribution is -0.321. The predicted octanol–water partition coefficient (Wildman–Crippen LogP) is -6.27. The van der Waals surface area contributed by atoms with E-state index in [0.717, 1.165) is 0 Å². The van der Waals surface area contributed by atoms with Gasteiger partial charge in [0.2, 0.25) is 6.29 Å². The summed E-state index contributed by atoms with van der Waals surface area (Å²) in [5.41, 5.74) is 22.5. The summed E-state index contributed by atoms with van der Waals surface area (Å²) in [6.45, 7) is -0.622. The molecule has 15 nitrogen and oxygen atoms in total. The van der Waals surface area contributed by atoms with Crippen LogP contribution in [0.2, 0.25) is 0 Å². The van der Waals surface area contributed by atoms with E-state index in [2.05, 4.69) is 0 Å². The van der Waals surface area contributed by atoms with Gasteiger partial charge in [-0.2, -0.15) is 0 Å². The van der Waals surface area contributed by atoms with Crippen molar-refractivity contribution in [2.75, 3.05) is 13.2 Å². The summed E-state index contributed by atoms with van der Waals surface area (Å²) in [4.78, 5) is 0. The van der Waals surface area contributed by atoms with Crippen LogP contribution in [0.4, 0.5) is 0 Å². The van der Waals surface area contributed by atoms with Crippen LogP contribution in [0.15, 0.2) is 11.5 Å². The molecule has 0 amide bonds. The molecule has 33 heavy (non-hydrogen) atoms. The molecule has 1 heterocycles. The summed E-state index contributed by atoms with van der Waals surface area (Å²) in [7, 11) is 0. The number of rotatable bonds is 9. The molecule has 1 saturated carbocycles. The van der Waals surface area contributed by atoms with Crippen molar-refractivity contribution in [3.05, 3.63) is 11.5 Å². The van der Waals surface area contributed by atoms with E-state index in [4.69, 9.17) is 42.3 Å². The molecule has 16 N–H and O–H groups in total. The van der Waals surface area contributed by atoms with Crippen molar-refractivity contribution in [3.8, 4) is 0 Å². The lowest BCUT2D eigenvalue weighted by Gasteiger charge is -2.46. The van der Waals surface area contributed by atoms with Gasteiger partial charge >= 0.3 is 0 Å². The van der Waals surface area contributed by atoms with E-state index in [0.29, 0.717) is 0 Å². The van der Waals surface area contributed by atoms with Gasteiger partial charge in [-0.3, -0.25) is 0 Å². The number of aliphatic hydroxyl groups is 8. The maximum atomic E-state index is 10.8. The Labute approximate surface area is 189 Å². The summed E-state index contributed by atoms with van der Waals surface area (Å²) < 4.78 is 16.3. The van der Waals surface area contributed by atoms with Crippen LogP contribution in [0.3, 0.4) is 0 Å². The maximum absolute atomic E-state index is 10.8. The second kappa shape index (κ2) is 12.0. The van der Waals surface area contributed by atoms with Crippen molar-refractivity contribution in [1.82, 2.24) is 0 Å². The van der Waals surface area contributed by atoms with Crippen molar-refractivity contribution >= 4 is 0 Å². The molecule has 194 valence electrons. The van der Waals surface area contributed by atoms with Crippen molar-refractivity contribution in [2.45, 2.75) is 86.3 Å². The van der Waals surface area contributed by atoms with Crippen LogP contribution < -0.4 is 22.9 Å². The van der Waals surface area contributed by atoms with Gasteiger partial charge in [-0.1, -0.05) is 0 Å². The third-order valence-electron chi connectivity index (χ3n) is 5.83. The molecule has 2 aliphatic rings. The number of ether oxygens (including phenoxy) is 3. The average Bonchev–Trinajstić information content (AvgIpc) is 2.78. The molecule has 0 aromatic heterocycles. The quantitative estimate of drug-likeness (QED) is 0.107. The summed E-state index contributed by atoms with van der Waals surface area (Å²) in [6, 6.07) is -1.81. The largest absolute Gasteiger partial charge is 0.506 e. The highest BCUT2D eigenvalue weighted by Gasteiger charge is 2.49. The highest BCUT2D eigenvalue weighted by atomic mass is 16.7. The minimum Gasteiger partial charge on any atom is -0.506 e. The van der Waals surface area contributed by atoms with Crippen LogP contribution in [0.5, 0.6) is 0 Å². The smallest absolute Gasteiger partial charge is 0.216 e. The molecular formula is C18H36N4O11. The minimum absolute atomic E-state index is 0.0144. The zero-order valence-corrected chi connectivity index (χ0v) is 17.9. The third kappa shape index (κ3) is 6.29. The Morgan fingerprint density at radius 3 is 2.15 bits per heavy atom. The van der Waals surface area contributed by atoms with E-state index in [1.165, 1.54) is 0 Å². The highest BCUT2D eigenvalue weighted by Crippen LogP contribution is 2.29. The molecule has 0 spiro atoms. The van der Waals surface area contributed by atoms with Crippen LogP contribution in [0.1, 0.15) is 12.8 Å². The fraction of sp³-hybridized carbons (Fsp3) is 0.889. The molecule has 0 aromatic carbocycles. The van der Waals surface area contributed by atoms with E-state index in [9.17, 15) is 35.7 Å². The van der Waals surface area contributed by atoms with Gasteiger partial charge in [-0.15, -0.1) is 0 Å². The number of nitrogens with two attached hydrogens (primary N) is 4. The number of hydrogen-bond donors (Lipinski definition) is 12. The molecule has 0 radical (unpaired) electrons. The number of aliphatic hydroxyl groups excluding tert-OH is 8. The molecule has 1 aliphatic carbocycles. The zero-order valence-electron chi connectivity index (χ0n) is 17.9. The first-order valence-corrected chi connectivity index (χ1v) is 10.5. The van der Waals surface area contributed by atoms with Gasteiger partial charge in [-0.05, 0) is 6.42 Å². The Morgan fingerprint density at radius 2 is 1.58 bits per heavy atom. The van der Waals surface area contributed by atoms with Crippen molar-refractivity contribution in [3.63, 3.8) is 0 Å². The van der Waals surface area contributed by atoms with Gasteiger partial charge in [0, 0.05) is 31.7 Å². The number of hydrogen-bond acceptors (Lipinski definition) is 15. The van der Waals surface area contributed by atoms with Crippen LogP contribution >= 0.6 is 0 Å². The van der Waals surface area contributed by atoms with Gasteiger partial charge in [0.05, 0.1) is 11.8 Å². The monoisotopic (exact) mass is 484 g/mol. The summed E-state index contributed by atoms with van der Waals surface area (Å²) in [5, 5.41) is 79.7. The Bertz CT molecular complexity index is 657. The molecule has 1 aliphatic heterocycles. The van der Waals surface area contributed by atoms with Crippen LogP contribution in [0, 0.1) is 0 Å². The molecule has 0 bridgehead atoms. The molecule has 15 heteroatoms. The summed E-state index contributed by atoms with van der Waals surface area (Å²) in [5.74, 6) is -0.934.